The Hall–Kier alpha value is -2.15. The highest BCUT2D eigenvalue weighted by Crippen LogP contribution is 2.32. The van der Waals surface area contributed by atoms with Crippen molar-refractivity contribution in [3.8, 4) is 11.3 Å². The summed E-state index contributed by atoms with van der Waals surface area (Å²) in [5.74, 6) is 0. The van der Waals surface area contributed by atoms with E-state index >= 15 is 0 Å². The lowest BCUT2D eigenvalue weighted by atomic mass is 9.85. The van der Waals surface area contributed by atoms with Crippen molar-refractivity contribution in [1.29, 1.82) is 0 Å². The quantitative estimate of drug-likeness (QED) is 0.522. The van der Waals surface area contributed by atoms with E-state index in [-0.39, 0.29) is 5.41 Å². The second-order valence-electron chi connectivity index (χ2n) is 8.25. The van der Waals surface area contributed by atoms with Crippen LogP contribution in [0, 0.1) is 13.8 Å². The van der Waals surface area contributed by atoms with Crippen LogP contribution in [0.4, 0.5) is 0 Å². The Morgan fingerprint density at radius 1 is 0.920 bits per heavy atom. The maximum absolute atomic E-state index is 2.37. The van der Waals surface area contributed by atoms with Gasteiger partial charge < -0.3 is 0 Å². The highest BCUT2D eigenvalue weighted by Gasteiger charge is 2.22. The number of fused-ring (bicyclic) bond motifs is 1. The van der Waals surface area contributed by atoms with Crippen LogP contribution in [0.3, 0.4) is 0 Å². The van der Waals surface area contributed by atoms with E-state index in [9.17, 15) is 0 Å². The second-order valence-corrected chi connectivity index (χ2v) is 8.25. The zero-order chi connectivity index (χ0) is 18.4. The Morgan fingerprint density at radius 3 is 2.28 bits per heavy atom. The average molecular weight is 333 g/mol. The van der Waals surface area contributed by atoms with Crippen molar-refractivity contribution in [2.75, 3.05) is 0 Å². The lowest BCUT2D eigenvalue weighted by Crippen LogP contribution is -2.35. The molecule has 1 heteroatoms. The molecular weight excluding hydrogens is 302 g/mol. The molecule has 0 N–H and O–H groups in total. The minimum Gasteiger partial charge on any atom is -0.198 e. The van der Waals surface area contributed by atoms with Gasteiger partial charge >= 0.3 is 0 Å². The summed E-state index contributed by atoms with van der Waals surface area (Å²) < 4.78 is 2.33. The van der Waals surface area contributed by atoms with E-state index in [0.29, 0.717) is 0 Å². The molecule has 1 nitrogen and oxygen atoms in total. The van der Waals surface area contributed by atoms with E-state index < -0.39 is 0 Å². The van der Waals surface area contributed by atoms with Gasteiger partial charge in [-0.1, -0.05) is 52.0 Å². The lowest BCUT2D eigenvalue weighted by molar-refractivity contribution is -0.665. The summed E-state index contributed by atoms with van der Waals surface area (Å²) in [6.07, 6.45) is 1.06. The monoisotopic (exact) mass is 332 g/mol. The summed E-state index contributed by atoms with van der Waals surface area (Å²) in [6, 6.07) is 16.1. The van der Waals surface area contributed by atoms with Gasteiger partial charge in [0.25, 0.3) is 0 Å². The average Bonchev–Trinajstić information content (AvgIpc) is 2.56. The van der Waals surface area contributed by atoms with Gasteiger partial charge in [0.2, 0.25) is 5.69 Å². The maximum atomic E-state index is 2.37. The zero-order valence-corrected chi connectivity index (χ0v) is 16.7. The van der Waals surface area contributed by atoms with Crippen molar-refractivity contribution >= 4 is 10.8 Å². The van der Waals surface area contributed by atoms with Crippen LogP contribution in [0.5, 0.6) is 0 Å². The van der Waals surface area contributed by atoms with E-state index in [4.69, 9.17) is 0 Å². The third-order valence-electron chi connectivity index (χ3n) is 5.37. The fourth-order valence-electron chi connectivity index (χ4n) is 3.51. The van der Waals surface area contributed by atoms with E-state index in [0.717, 1.165) is 6.42 Å². The number of hydrogen-bond acceptors (Lipinski definition) is 0. The van der Waals surface area contributed by atoms with Crippen molar-refractivity contribution in [1.82, 2.24) is 0 Å². The molecule has 0 aliphatic carbocycles. The molecule has 1 heterocycles. The number of aromatic nitrogens is 1. The second kappa shape index (κ2) is 6.29. The van der Waals surface area contributed by atoms with Crippen molar-refractivity contribution in [2.24, 2.45) is 7.05 Å². The molecule has 1 aromatic heterocycles. The normalized spacial score (nSPS) is 12.0. The van der Waals surface area contributed by atoms with Gasteiger partial charge in [-0.15, -0.1) is 0 Å². The van der Waals surface area contributed by atoms with Gasteiger partial charge in [-0.25, -0.2) is 0 Å². The molecule has 0 bridgehead atoms. The molecule has 25 heavy (non-hydrogen) atoms. The van der Waals surface area contributed by atoms with E-state index in [1.54, 1.807) is 0 Å². The summed E-state index contributed by atoms with van der Waals surface area (Å²) in [7, 11) is 2.18. The zero-order valence-electron chi connectivity index (χ0n) is 16.7. The fourth-order valence-corrected chi connectivity index (χ4v) is 3.51. The molecule has 130 valence electrons. The van der Waals surface area contributed by atoms with Crippen molar-refractivity contribution in [3.05, 3.63) is 64.8 Å². The first-order chi connectivity index (χ1) is 11.7. The summed E-state index contributed by atoms with van der Waals surface area (Å²) in [4.78, 5) is 0. The van der Waals surface area contributed by atoms with Crippen LogP contribution in [0.1, 0.15) is 50.1 Å². The molecule has 0 saturated carbocycles. The first-order valence-electron chi connectivity index (χ1n) is 9.26. The maximum Gasteiger partial charge on any atom is 0.220 e. The minimum atomic E-state index is 0.165. The van der Waals surface area contributed by atoms with Crippen LogP contribution in [0.15, 0.2) is 42.5 Å². The van der Waals surface area contributed by atoms with Gasteiger partial charge in [-0.2, -0.15) is 4.57 Å². The summed E-state index contributed by atoms with van der Waals surface area (Å²) in [5.41, 5.74) is 8.23. The molecule has 0 amide bonds. The Labute approximate surface area is 152 Å². The summed E-state index contributed by atoms with van der Waals surface area (Å²) in [6.45, 7) is 13.5. The van der Waals surface area contributed by atoms with Crippen molar-refractivity contribution in [3.63, 3.8) is 0 Å². The van der Waals surface area contributed by atoms with Crippen molar-refractivity contribution in [2.45, 2.75) is 53.4 Å². The smallest absolute Gasteiger partial charge is 0.198 e. The van der Waals surface area contributed by atoms with E-state index in [1.807, 2.05) is 0 Å². The molecule has 0 aliphatic rings. The van der Waals surface area contributed by atoms with Crippen molar-refractivity contribution < 1.29 is 4.57 Å². The Kier molecular flexibility index (Phi) is 4.45. The summed E-state index contributed by atoms with van der Waals surface area (Å²) in [5, 5.41) is 2.66. The van der Waals surface area contributed by atoms with Gasteiger partial charge in [0.1, 0.15) is 7.05 Å². The van der Waals surface area contributed by atoms with Crippen LogP contribution in [-0.4, -0.2) is 0 Å². The molecule has 0 fully saturated rings. The van der Waals surface area contributed by atoms with Crippen LogP contribution in [0.2, 0.25) is 0 Å². The highest BCUT2D eigenvalue weighted by molar-refractivity contribution is 5.94. The fraction of sp³-hybridized carbons (Fsp3) is 0.375. The molecule has 3 aromatic rings. The number of aryl methyl sites for hydroxylation is 3. The van der Waals surface area contributed by atoms with Gasteiger partial charge in [0.05, 0.1) is 5.39 Å². The number of nitrogens with zero attached hydrogens (tertiary/aromatic N) is 1. The van der Waals surface area contributed by atoms with Gasteiger partial charge in [0.15, 0.2) is 5.69 Å². The van der Waals surface area contributed by atoms with E-state index in [2.05, 4.69) is 95.6 Å². The van der Waals surface area contributed by atoms with Gasteiger partial charge in [-0.05, 0) is 53.0 Å². The van der Waals surface area contributed by atoms with Crippen LogP contribution < -0.4 is 4.57 Å². The Morgan fingerprint density at radius 2 is 1.64 bits per heavy atom. The van der Waals surface area contributed by atoms with Crippen LogP contribution in [0.25, 0.3) is 22.0 Å². The lowest BCUT2D eigenvalue weighted by Gasteiger charge is -2.20. The number of benzene rings is 2. The molecule has 0 spiro atoms. The van der Waals surface area contributed by atoms with Crippen LogP contribution >= 0.6 is 0 Å². The SMILES string of the molecule is CCc1ccc(C)c(-c2c3ccc(C(C)(C)C)cc3cc(C)[n+]2C)c1. The highest BCUT2D eigenvalue weighted by atomic mass is 14.9. The molecule has 3 rings (SSSR count). The first-order valence-corrected chi connectivity index (χ1v) is 9.26. The number of pyridine rings is 1. The molecule has 2 aromatic carbocycles. The molecule has 0 unspecified atom stereocenters. The minimum absolute atomic E-state index is 0.165. The van der Waals surface area contributed by atoms with Gasteiger partial charge in [0, 0.05) is 18.6 Å². The molecular formula is C24H30N+. The first kappa shape index (κ1) is 17.7. The largest absolute Gasteiger partial charge is 0.220 e. The van der Waals surface area contributed by atoms with E-state index in [1.165, 1.54) is 44.4 Å². The third kappa shape index (κ3) is 3.20. The molecule has 0 saturated heterocycles. The molecule has 0 radical (unpaired) electrons. The standard InChI is InChI=1S/C24H30N/c1-8-18-10-9-16(2)22(14-18)23-21-12-11-20(24(4,5)6)15-19(21)13-17(3)25(23)7/h9-15H,8H2,1-7H3/q+1. The van der Waals surface area contributed by atoms with Gasteiger partial charge in [-0.3, -0.25) is 0 Å². The third-order valence-corrected chi connectivity index (χ3v) is 5.37. The van der Waals surface area contributed by atoms with Crippen LogP contribution in [-0.2, 0) is 18.9 Å². The Bertz CT molecular complexity index is 942. The number of rotatable bonds is 2. The predicted molar refractivity (Wildman–Crippen MR) is 108 cm³/mol. The topological polar surface area (TPSA) is 3.88 Å². The Balaban J connectivity index is 2.37. The number of hydrogen-bond donors (Lipinski definition) is 0. The summed E-state index contributed by atoms with van der Waals surface area (Å²) >= 11 is 0. The predicted octanol–water partition coefficient (Wildman–Crippen LogP) is 5.81. The molecule has 0 atom stereocenters. The molecule has 0 aliphatic heterocycles.